The predicted octanol–water partition coefficient (Wildman–Crippen LogP) is 4.42. The van der Waals surface area contributed by atoms with E-state index in [9.17, 15) is 18.0 Å². The van der Waals surface area contributed by atoms with Gasteiger partial charge in [-0.05, 0) is 30.7 Å². The van der Waals surface area contributed by atoms with Gasteiger partial charge in [0.15, 0.2) is 0 Å². The minimum Gasteiger partial charge on any atom is -0.478 e. The zero-order chi connectivity index (χ0) is 20.9. The van der Waals surface area contributed by atoms with E-state index in [1.54, 1.807) is 0 Å². The first kappa shape index (κ1) is 20.3. The summed E-state index contributed by atoms with van der Waals surface area (Å²) >= 11 is 0. The van der Waals surface area contributed by atoms with Gasteiger partial charge in [0.1, 0.15) is 0 Å². The minimum absolute atomic E-state index is 0.102. The SMILES string of the molecule is CCCOc1cc(=NC(=O)c2ccccc2C(F)(F)F)cnn1-c1ccccc1. The van der Waals surface area contributed by atoms with Gasteiger partial charge in [-0.25, -0.2) is 9.67 Å². The Morgan fingerprint density at radius 2 is 1.79 bits per heavy atom. The van der Waals surface area contributed by atoms with Crippen molar-refractivity contribution >= 4 is 5.91 Å². The molecule has 1 aromatic heterocycles. The van der Waals surface area contributed by atoms with Crippen LogP contribution in [0.2, 0.25) is 0 Å². The summed E-state index contributed by atoms with van der Waals surface area (Å²) in [6.45, 7) is 2.34. The summed E-state index contributed by atoms with van der Waals surface area (Å²) in [6.07, 6.45) is -2.60. The zero-order valence-electron chi connectivity index (χ0n) is 15.6. The molecular formula is C21H18F3N3O2. The number of amides is 1. The Kier molecular flexibility index (Phi) is 6.11. The van der Waals surface area contributed by atoms with E-state index in [1.165, 1.54) is 29.1 Å². The molecular weight excluding hydrogens is 383 g/mol. The number of benzene rings is 2. The Hall–Kier alpha value is -3.42. The Balaban J connectivity index is 2.03. The molecule has 3 aromatic rings. The fourth-order valence-corrected chi connectivity index (χ4v) is 2.63. The van der Waals surface area contributed by atoms with Crippen LogP contribution < -0.4 is 10.1 Å². The Morgan fingerprint density at radius 3 is 2.48 bits per heavy atom. The molecule has 0 saturated heterocycles. The summed E-state index contributed by atoms with van der Waals surface area (Å²) in [4.78, 5) is 16.2. The first-order valence-corrected chi connectivity index (χ1v) is 8.93. The number of ether oxygens (including phenoxy) is 1. The first-order valence-electron chi connectivity index (χ1n) is 8.93. The quantitative estimate of drug-likeness (QED) is 0.636. The van der Waals surface area contributed by atoms with Gasteiger partial charge in [-0.2, -0.15) is 18.3 Å². The smallest absolute Gasteiger partial charge is 0.417 e. The van der Waals surface area contributed by atoms with Crippen molar-refractivity contribution < 1.29 is 22.7 Å². The highest BCUT2D eigenvalue weighted by Crippen LogP contribution is 2.32. The Morgan fingerprint density at radius 1 is 1.10 bits per heavy atom. The molecule has 0 N–H and O–H groups in total. The molecule has 0 fully saturated rings. The molecule has 8 heteroatoms. The number of hydrogen-bond acceptors (Lipinski definition) is 3. The monoisotopic (exact) mass is 401 g/mol. The van der Waals surface area contributed by atoms with Crippen molar-refractivity contribution in [2.24, 2.45) is 4.99 Å². The fraction of sp³-hybridized carbons (Fsp3) is 0.190. The molecule has 29 heavy (non-hydrogen) atoms. The highest BCUT2D eigenvalue weighted by molar-refractivity contribution is 5.96. The van der Waals surface area contributed by atoms with Gasteiger partial charge in [0.25, 0.3) is 5.91 Å². The number of rotatable bonds is 5. The number of carbonyl (C=O) groups is 1. The van der Waals surface area contributed by atoms with Crippen molar-refractivity contribution in [3.8, 4) is 11.6 Å². The van der Waals surface area contributed by atoms with E-state index < -0.39 is 23.2 Å². The lowest BCUT2D eigenvalue weighted by Crippen LogP contribution is -2.17. The van der Waals surface area contributed by atoms with Crippen LogP contribution in [0.4, 0.5) is 13.2 Å². The number of hydrogen-bond donors (Lipinski definition) is 0. The van der Waals surface area contributed by atoms with Crippen LogP contribution in [0.15, 0.2) is 71.9 Å². The van der Waals surface area contributed by atoms with E-state index in [0.29, 0.717) is 12.5 Å². The van der Waals surface area contributed by atoms with Crippen LogP contribution >= 0.6 is 0 Å². The maximum atomic E-state index is 13.2. The third-order valence-corrected chi connectivity index (χ3v) is 3.93. The van der Waals surface area contributed by atoms with E-state index in [0.717, 1.165) is 24.2 Å². The molecule has 0 aliphatic heterocycles. The average molecular weight is 401 g/mol. The van der Waals surface area contributed by atoms with Crippen LogP contribution in [-0.2, 0) is 6.18 Å². The lowest BCUT2D eigenvalue weighted by atomic mass is 10.1. The van der Waals surface area contributed by atoms with Crippen LogP contribution in [0.1, 0.15) is 29.3 Å². The minimum atomic E-state index is -4.65. The number of para-hydroxylation sites is 1. The summed E-state index contributed by atoms with van der Waals surface area (Å²) < 4.78 is 46.7. The molecule has 2 aromatic carbocycles. The lowest BCUT2D eigenvalue weighted by molar-refractivity contribution is -0.137. The summed E-state index contributed by atoms with van der Waals surface area (Å²) in [5.41, 5.74) is -0.811. The summed E-state index contributed by atoms with van der Waals surface area (Å²) in [5, 5.41) is 4.35. The normalized spacial score (nSPS) is 12.1. The largest absolute Gasteiger partial charge is 0.478 e. The second kappa shape index (κ2) is 8.72. The number of aromatic nitrogens is 2. The number of alkyl halides is 3. The van der Waals surface area contributed by atoms with Gasteiger partial charge in [-0.1, -0.05) is 37.3 Å². The molecule has 0 radical (unpaired) electrons. The van der Waals surface area contributed by atoms with Gasteiger partial charge in [-0.15, -0.1) is 0 Å². The van der Waals surface area contributed by atoms with E-state index in [4.69, 9.17) is 4.74 Å². The summed E-state index contributed by atoms with van der Waals surface area (Å²) in [6, 6.07) is 15.2. The molecule has 0 saturated carbocycles. The maximum absolute atomic E-state index is 13.2. The molecule has 0 bridgehead atoms. The van der Waals surface area contributed by atoms with Crippen molar-refractivity contribution in [3.05, 3.63) is 83.3 Å². The Bertz CT molecular complexity index is 1060. The van der Waals surface area contributed by atoms with E-state index in [1.807, 2.05) is 37.3 Å². The van der Waals surface area contributed by atoms with Crippen molar-refractivity contribution in [2.45, 2.75) is 19.5 Å². The maximum Gasteiger partial charge on any atom is 0.417 e. The second-order valence-electron chi connectivity index (χ2n) is 6.11. The third-order valence-electron chi connectivity index (χ3n) is 3.93. The predicted molar refractivity (Wildman–Crippen MR) is 101 cm³/mol. The number of halogens is 3. The second-order valence-corrected chi connectivity index (χ2v) is 6.11. The van der Waals surface area contributed by atoms with Crippen molar-refractivity contribution in [1.29, 1.82) is 0 Å². The van der Waals surface area contributed by atoms with Gasteiger partial charge in [-0.3, -0.25) is 4.79 Å². The number of nitrogens with zero attached hydrogens (tertiary/aromatic N) is 3. The van der Waals surface area contributed by atoms with Crippen molar-refractivity contribution in [1.82, 2.24) is 9.78 Å². The topological polar surface area (TPSA) is 56.5 Å². The standard InChI is InChI=1S/C21H18F3N3O2/c1-2-12-29-19-13-15(14-25-27(19)16-8-4-3-5-9-16)26-20(28)17-10-6-7-11-18(17)21(22,23)24/h3-11,13-14H,2,12H2,1H3. The molecule has 5 nitrogen and oxygen atoms in total. The fourth-order valence-electron chi connectivity index (χ4n) is 2.63. The third kappa shape index (κ3) is 4.90. The highest BCUT2D eigenvalue weighted by Gasteiger charge is 2.34. The summed E-state index contributed by atoms with van der Waals surface area (Å²) in [7, 11) is 0. The van der Waals surface area contributed by atoms with Crippen LogP contribution in [0.3, 0.4) is 0 Å². The van der Waals surface area contributed by atoms with Gasteiger partial charge < -0.3 is 4.74 Å². The van der Waals surface area contributed by atoms with Gasteiger partial charge in [0.05, 0.1) is 35.0 Å². The Labute approximate surface area is 165 Å². The van der Waals surface area contributed by atoms with Crippen LogP contribution in [0.5, 0.6) is 5.88 Å². The average Bonchev–Trinajstić information content (AvgIpc) is 2.72. The van der Waals surface area contributed by atoms with Gasteiger partial charge in [0.2, 0.25) is 5.88 Å². The van der Waals surface area contributed by atoms with Crippen LogP contribution in [0, 0.1) is 0 Å². The molecule has 1 heterocycles. The molecule has 3 rings (SSSR count). The lowest BCUT2D eigenvalue weighted by Gasteiger charge is -2.13. The van der Waals surface area contributed by atoms with Crippen LogP contribution in [0.25, 0.3) is 5.69 Å². The summed E-state index contributed by atoms with van der Waals surface area (Å²) in [5.74, 6) is -0.671. The molecule has 0 aliphatic carbocycles. The molecule has 0 atom stereocenters. The number of carbonyl (C=O) groups excluding carboxylic acids is 1. The molecule has 150 valence electrons. The van der Waals surface area contributed by atoms with E-state index in [-0.39, 0.29) is 5.36 Å². The van der Waals surface area contributed by atoms with Gasteiger partial charge >= 0.3 is 6.18 Å². The van der Waals surface area contributed by atoms with Crippen molar-refractivity contribution in [2.75, 3.05) is 6.61 Å². The first-order chi connectivity index (χ1) is 13.9. The highest BCUT2D eigenvalue weighted by atomic mass is 19.4. The molecule has 0 unspecified atom stereocenters. The molecule has 1 amide bonds. The molecule has 0 aliphatic rings. The molecule has 0 spiro atoms. The van der Waals surface area contributed by atoms with E-state index >= 15 is 0 Å². The van der Waals surface area contributed by atoms with Crippen molar-refractivity contribution in [3.63, 3.8) is 0 Å². The van der Waals surface area contributed by atoms with Gasteiger partial charge in [0, 0.05) is 6.07 Å². The zero-order valence-corrected chi connectivity index (χ0v) is 15.6. The van der Waals surface area contributed by atoms with E-state index in [2.05, 4.69) is 10.1 Å². The van der Waals surface area contributed by atoms with Crippen LogP contribution in [-0.4, -0.2) is 22.3 Å².